The van der Waals surface area contributed by atoms with Crippen LogP contribution in [0.4, 0.5) is 10.1 Å². The Bertz CT molecular complexity index is 1280. The summed E-state index contributed by atoms with van der Waals surface area (Å²) in [5.74, 6) is 0.736. The molecule has 1 aromatic heterocycles. The van der Waals surface area contributed by atoms with E-state index < -0.39 is 0 Å². The summed E-state index contributed by atoms with van der Waals surface area (Å²) in [6.45, 7) is 8.24. The predicted octanol–water partition coefficient (Wildman–Crippen LogP) is 5.24. The van der Waals surface area contributed by atoms with Crippen LogP contribution in [0.2, 0.25) is 0 Å². The van der Waals surface area contributed by atoms with Crippen molar-refractivity contribution in [3.05, 3.63) is 82.6 Å². The van der Waals surface area contributed by atoms with Crippen molar-refractivity contribution in [2.45, 2.75) is 32.7 Å². The van der Waals surface area contributed by atoms with Crippen LogP contribution in [0.25, 0.3) is 11.1 Å². The lowest BCUT2D eigenvalue weighted by molar-refractivity contribution is 0.251. The van der Waals surface area contributed by atoms with E-state index in [9.17, 15) is 9.18 Å². The maximum atomic E-state index is 13.2. The van der Waals surface area contributed by atoms with E-state index in [-0.39, 0.29) is 11.6 Å². The highest BCUT2D eigenvalue weighted by Gasteiger charge is 2.17. The minimum atomic E-state index is -0.316. The standard InChI is InChI=1S/C29H34FN3O3/c1-22-5-4-6-23(19-22)21-35-26-11-12-27-28(20-26)36-29(34)33(27)14-3-2-13-31-15-17-32(18-16-31)25-9-7-24(30)8-10-25/h4-12,20,22H,2-3,13-19,21H2,1H3. The van der Waals surface area contributed by atoms with Crippen molar-refractivity contribution in [1.82, 2.24) is 9.47 Å². The average Bonchev–Trinajstić information content (AvgIpc) is 3.20. The van der Waals surface area contributed by atoms with Crippen LogP contribution >= 0.6 is 0 Å². The Labute approximate surface area is 211 Å². The number of ether oxygens (including phenoxy) is 1. The molecule has 0 spiro atoms. The number of oxazole rings is 1. The summed E-state index contributed by atoms with van der Waals surface area (Å²) in [5, 5.41) is 0. The highest BCUT2D eigenvalue weighted by Crippen LogP contribution is 2.23. The van der Waals surface area contributed by atoms with Crippen LogP contribution < -0.4 is 15.4 Å². The molecule has 1 fully saturated rings. The topological polar surface area (TPSA) is 50.9 Å². The van der Waals surface area contributed by atoms with E-state index in [4.69, 9.17) is 9.15 Å². The molecule has 1 saturated heterocycles. The van der Waals surface area contributed by atoms with E-state index in [1.807, 2.05) is 30.3 Å². The zero-order valence-electron chi connectivity index (χ0n) is 20.9. The Kier molecular flexibility index (Phi) is 7.56. The van der Waals surface area contributed by atoms with Crippen molar-refractivity contribution >= 4 is 16.8 Å². The third-order valence-electron chi connectivity index (χ3n) is 7.09. The van der Waals surface area contributed by atoms with Crippen LogP contribution in [0, 0.1) is 11.7 Å². The van der Waals surface area contributed by atoms with Gasteiger partial charge in [-0.15, -0.1) is 0 Å². The number of hydrogen-bond acceptors (Lipinski definition) is 5. The number of benzene rings is 2. The van der Waals surface area contributed by atoms with Crippen molar-refractivity contribution in [1.29, 1.82) is 0 Å². The second-order valence-corrected chi connectivity index (χ2v) is 9.84. The summed E-state index contributed by atoms with van der Waals surface area (Å²) in [6, 6.07) is 12.4. The number of fused-ring (bicyclic) bond motifs is 1. The van der Waals surface area contributed by atoms with Crippen molar-refractivity contribution in [3.8, 4) is 5.75 Å². The summed E-state index contributed by atoms with van der Waals surface area (Å²) < 4.78 is 26.4. The van der Waals surface area contributed by atoms with E-state index in [1.165, 1.54) is 17.7 Å². The van der Waals surface area contributed by atoms with Crippen molar-refractivity contribution in [2.75, 3.05) is 44.2 Å². The normalized spacial score (nSPS) is 18.6. The van der Waals surface area contributed by atoms with Gasteiger partial charge in [-0.05, 0) is 73.7 Å². The molecule has 1 atom stereocenters. The maximum absolute atomic E-state index is 13.2. The molecular formula is C29H34FN3O3. The lowest BCUT2D eigenvalue weighted by Crippen LogP contribution is -2.46. The summed E-state index contributed by atoms with van der Waals surface area (Å²) >= 11 is 0. The van der Waals surface area contributed by atoms with Crippen LogP contribution in [0.1, 0.15) is 26.2 Å². The van der Waals surface area contributed by atoms with E-state index in [2.05, 4.69) is 35.0 Å². The largest absolute Gasteiger partial charge is 0.489 e. The summed E-state index contributed by atoms with van der Waals surface area (Å²) in [5.41, 5.74) is 3.73. The Morgan fingerprint density at radius 3 is 2.58 bits per heavy atom. The molecule has 36 heavy (non-hydrogen) atoms. The Hall–Kier alpha value is -3.32. The van der Waals surface area contributed by atoms with Gasteiger partial charge in [0.2, 0.25) is 0 Å². The van der Waals surface area contributed by atoms with Gasteiger partial charge in [-0.1, -0.05) is 25.2 Å². The molecule has 0 bridgehead atoms. The first kappa shape index (κ1) is 24.4. The van der Waals surface area contributed by atoms with Crippen LogP contribution in [0.5, 0.6) is 5.75 Å². The van der Waals surface area contributed by atoms with Crippen LogP contribution in [0.3, 0.4) is 0 Å². The third-order valence-corrected chi connectivity index (χ3v) is 7.09. The minimum Gasteiger partial charge on any atom is -0.489 e. The minimum absolute atomic E-state index is 0.198. The maximum Gasteiger partial charge on any atom is 0.419 e. The third kappa shape index (κ3) is 5.90. The highest BCUT2D eigenvalue weighted by molar-refractivity contribution is 5.74. The van der Waals surface area contributed by atoms with Crippen LogP contribution in [-0.4, -0.2) is 48.8 Å². The number of aryl methyl sites for hydroxylation is 1. The van der Waals surface area contributed by atoms with Crippen LogP contribution in [0.15, 0.2) is 75.5 Å². The number of unbranched alkanes of at least 4 members (excludes halogenated alkanes) is 1. The molecule has 2 heterocycles. The molecule has 7 heteroatoms. The smallest absolute Gasteiger partial charge is 0.419 e. The first-order chi connectivity index (χ1) is 17.5. The van der Waals surface area contributed by atoms with Gasteiger partial charge in [0.1, 0.15) is 18.2 Å². The van der Waals surface area contributed by atoms with Gasteiger partial charge in [0.05, 0.1) is 5.52 Å². The number of anilines is 1. The molecule has 1 unspecified atom stereocenters. The Morgan fingerprint density at radius 1 is 1.03 bits per heavy atom. The van der Waals surface area contributed by atoms with Crippen molar-refractivity contribution in [2.24, 2.45) is 5.92 Å². The molecule has 3 aromatic rings. The van der Waals surface area contributed by atoms with Gasteiger partial charge < -0.3 is 14.1 Å². The number of rotatable bonds is 9. The number of allylic oxidation sites excluding steroid dienone is 3. The summed E-state index contributed by atoms with van der Waals surface area (Å²) in [4.78, 5) is 17.2. The van der Waals surface area contributed by atoms with Gasteiger partial charge in [0.25, 0.3) is 0 Å². The molecule has 0 saturated carbocycles. The number of piperazine rings is 1. The van der Waals surface area contributed by atoms with Gasteiger partial charge in [0.15, 0.2) is 5.58 Å². The molecule has 0 N–H and O–H groups in total. The molecule has 5 rings (SSSR count). The predicted molar refractivity (Wildman–Crippen MR) is 141 cm³/mol. The van der Waals surface area contributed by atoms with Crippen molar-refractivity contribution in [3.63, 3.8) is 0 Å². The van der Waals surface area contributed by atoms with E-state index >= 15 is 0 Å². The Balaban J connectivity index is 1.08. The lowest BCUT2D eigenvalue weighted by atomic mass is 9.97. The summed E-state index contributed by atoms with van der Waals surface area (Å²) in [7, 11) is 0. The Morgan fingerprint density at radius 2 is 1.81 bits per heavy atom. The average molecular weight is 492 g/mol. The number of halogens is 1. The second kappa shape index (κ2) is 11.2. The van der Waals surface area contributed by atoms with E-state index in [1.54, 1.807) is 4.57 Å². The molecule has 1 aliphatic carbocycles. The first-order valence-electron chi connectivity index (χ1n) is 12.9. The molecule has 0 radical (unpaired) electrons. The van der Waals surface area contributed by atoms with E-state index in [0.29, 0.717) is 30.4 Å². The first-order valence-corrected chi connectivity index (χ1v) is 12.9. The molecule has 190 valence electrons. The molecule has 2 aromatic carbocycles. The van der Waals surface area contributed by atoms with Gasteiger partial charge in [-0.25, -0.2) is 9.18 Å². The van der Waals surface area contributed by atoms with Gasteiger partial charge >= 0.3 is 5.76 Å². The highest BCUT2D eigenvalue weighted by atomic mass is 19.1. The molecule has 6 nitrogen and oxygen atoms in total. The fourth-order valence-corrected chi connectivity index (χ4v) is 5.05. The number of nitrogens with zero attached hydrogens (tertiary/aromatic N) is 3. The van der Waals surface area contributed by atoms with E-state index in [0.717, 1.165) is 63.2 Å². The fourth-order valence-electron chi connectivity index (χ4n) is 5.05. The molecule has 0 amide bonds. The fraction of sp³-hybridized carbons (Fsp3) is 0.414. The van der Waals surface area contributed by atoms with Gasteiger partial charge in [0, 0.05) is 44.5 Å². The quantitative estimate of drug-likeness (QED) is 0.383. The van der Waals surface area contributed by atoms with Crippen LogP contribution in [-0.2, 0) is 6.54 Å². The lowest BCUT2D eigenvalue weighted by Gasteiger charge is -2.36. The van der Waals surface area contributed by atoms with Crippen molar-refractivity contribution < 1.29 is 13.5 Å². The summed E-state index contributed by atoms with van der Waals surface area (Å²) in [6.07, 6.45) is 9.32. The van der Waals surface area contributed by atoms with Gasteiger partial charge in [-0.3, -0.25) is 9.47 Å². The number of aromatic nitrogens is 1. The van der Waals surface area contributed by atoms with Gasteiger partial charge in [-0.2, -0.15) is 0 Å². The molecule has 2 aliphatic rings. The monoisotopic (exact) mass is 491 g/mol. The zero-order valence-corrected chi connectivity index (χ0v) is 20.9. The SMILES string of the molecule is CC1C=CC=C(COc2ccc3c(c2)oc(=O)n3CCCCN2CCN(c3ccc(F)cc3)CC2)C1. The molecule has 1 aliphatic heterocycles. The molecular weight excluding hydrogens is 457 g/mol. The number of hydrogen-bond donors (Lipinski definition) is 0. The second-order valence-electron chi connectivity index (χ2n) is 9.84. The zero-order chi connectivity index (χ0) is 24.9.